The van der Waals surface area contributed by atoms with Gasteiger partial charge in [0.1, 0.15) is 11.2 Å². The molecule has 10 aromatic rings. The van der Waals surface area contributed by atoms with Gasteiger partial charge in [0, 0.05) is 55.3 Å². The highest BCUT2D eigenvalue weighted by molar-refractivity contribution is 6.89. The Kier molecular flexibility index (Phi) is 10.3. The summed E-state index contributed by atoms with van der Waals surface area (Å²) >= 11 is 0. The number of aromatic nitrogens is 1. The quantitative estimate of drug-likeness (QED) is 0.161. The number of rotatable bonds is 5. The molecule has 0 aliphatic carbocycles. The molecule has 73 heavy (non-hydrogen) atoms. The molecule has 0 atom stereocenters. The molecule has 4 heterocycles. The summed E-state index contributed by atoms with van der Waals surface area (Å²) in [6.07, 6.45) is 0. The summed E-state index contributed by atoms with van der Waals surface area (Å²) in [6, 6.07) is 59.6. The summed E-state index contributed by atoms with van der Waals surface area (Å²) in [4.78, 5) is 5.13. The van der Waals surface area contributed by atoms with Gasteiger partial charge in [0.15, 0.2) is 0 Å². The van der Waals surface area contributed by atoms with Crippen LogP contribution in [0.3, 0.4) is 0 Å². The van der Waals surface area contributed by atoms with E-state index in [1.54, 1.807) is 0 Å². The lowest BCUT2D eigenvalue weighted by Gasteiger charge is -2.40. The first-order valence-corrected chi connectivity index (χ1v) is 26.4. The molecule has 0 N–H and O–H groups in total. The van der Waals surface area contributed by atoms with Gasteiger partial charge in [0.05, 0.1) is 22.7 Å². The molecule has 2 aliphatic heterocycles. The van der Waals surface area contributed by atoms with Crippen LogP contribution in [0.25, 0.3) is 55.0 Å². The number of para-hydroxylation sites is 3. The first-order chi connectivity index (χ1) is 34.6. The van der Waals surface area contributed by atoms with Crippen LogP contribution >= 0.6 is 0 Å². The second kappa shape index (κ2) is 16.1. The number of hydrogen-bond acceptors (Lipinski definition) is 3. The topological polar surface area (TPSA) is 24.6 Å². The molecule has 0 bridgehead atoms. The van der Waals surface area contributed by atoms with Crippen LogP contribution in [-0.2, 0) is 21.7 Å². The molecule has 0 unspecified atom stereocenters. The highest BCUT2D eigenvalue weighted by Gasteiger charge is 2.48. The van der Waals surface area contributed by atoms with Gasteiger partial charge in [-0.1, -0.05) is 192 Å². The van der Waals surface area contributed by atoms with Crippen LogP contribution in [0.15, 0.2) is 162 Å². The second-order valence-corrected chi connectivity index (χ2v) is 25.2. The van der Waals surface area contributed by atoms with Crippen LogP contribution in [0, 0.1) is 13.8 Å². The zero-order chi connectivity index (χ0) is 51.3. The fourth-order valence-electron chi connectivity index (χ4n) is 12.1. The van der Waals surface area contributed by atoms with Crippen LogP contribution < -0.4 is 20.9 Å². The molecule has 0 spiro atoms. The Morgan fingerprint density at radius 2 is 1.10 bits per heavy atom. The molecule has 0 amide bonds. The molecule has 0 fully saturated rings. The van der Waals surface area contributed by atoms with E-state index < -0.39 is 0 Å². The number of nitrogens with zero attached hydrogens (tertiary/aromatic N) is 3. The van der Waals surface area contributed by atoms with Gasteiger partial charge in [0.25, 0.3) is 0 Å². The molecular weight excluding hydrogens is 886 g/mol. The van der Waals surface area contributed by atoms with Gasteiger partial charge in [-0.3, -0.25) is 0 Å². The maximum atomic E-state index is 7.84. The summed E-state index contributed by atoms with van der Waals surface area (Å²) < 4.78 is 10.5. The third-order valence-electron chi connectivity index (χ3n) is 16.0. The van der Waals surface area contributed by atoms with E-state index in [4.69, 9.17) is 4.42 Å². The van der Waals surface area contributed by atoms with E-state index in [0.29, 0.717) is 0 Å². The standard InChI is InChI=1S/C68H68BN3O/c1-41-24-23-25-42(2)60(41)71-57-40-46(67(9,10)11)37-50-49-33-35-56(70(47-28-19-16-20-29-47)54-31-22-21-30-48(54)43-26-17-15-18-27-43)58-51-36-44(65(3,4)5)32-34-55(51)72(61(49)58)69(59(50)57)64-62(71)52-38-45(66(6,7)8)39-53(63(52)73-64)68(12,13)14/h15-40H,1-14H3. The first kappa shape index (κ1) is 46.8. The first-order valence-electron chi connectivity index (χ1n) is 26.4. The summed E-state index contributed by atoms with van der Waals surface area (Å²) in [5.74, 6) is 0. The monoisotopic (exact) mass is 954 g/mol. The molecule has 12 rings (SSSR count). The summed E-state index contributed by atoms with van der Waals surface area (Å²) in [6.45, 7) is 32.4. The lowest BCUT2D eigenvalue weighted by atomic mass is 9.47. The Balaban J connectivity index is 1.29. The third-order valence-corrected chi connectivity index (χ3v) is 16.0. The Morgan fingerprint density at radius 1 is 0.479 bits per heavy atom. The predicted molar refractivity (Wildman–Crippen MR) is 314 cm³/mol. The summed E-state index contributed by atoms with van der Waals surface area (Å²) in [7, 11) is 0. The Morgan fingerprint density at radius 3 is 1.75 bits per heavy atom. The molecule has 4 nitrogen and oxygen atoms in total. The van der Waals surface area contributed by atoms with Crippen LogP contribution in [-0.4, -0.2) is 11.3 Å². The Labute approximate surface area is 433 Å². The van der Waals surface area contributed by atoms with Crippen molar-refractivity contribution in [3.8, 4) is 22.3 Å². The van der Waals surface area contributed by atoms with Crippen molar-refractivity contribution in [2.75, 3.05) is 9.80 Å². The van der Waals surface area contributed by atoms with Gasteiger partial charge < -0.3 is 18.7 Å². The highest BCUT2D eigenvalue weighted by Crippen LogP contribution is 2.54. The van der Waals surface area contributed by atoms with Gasteiger partial charge >= 0.3 is 6.85 Å². The third kappa shape index (κ3) is 7.24. The van der Waals surface area contributed by atoms with E-state index in [1.165, 1.54) is 99.7 Å². The molecular formula is C68H68BN3O. The van der Waals surface area contributed by atoms with Gasteiger partial charge in [0.2, 0.25) is 0 Å². The maximum Gasteiger partial charge on any atom is 0.375 e. The average molecular weight is 954 g/mol. The number of fused-ring (bicyclic) bond motifs is 9. The van der Waals surface area contributed by atoms with E-state index in [9.17, 15) is 0 Å². The van der Waals surface area contributed by atoms with Crippen molar-refractivity contribution in [1.82, 2.24) is 4.48 Å². The normalized spacial score (nSPS) is 13.6. The van der Waals surface area contributed by atoms with E-state index in [2.05, 4.69) is 269 Å². The lowest BCUT2D eigenvalue weighted by Crippen LogP contribution is -2.56. The smallest absolute Gasteiger partial charge is 0.375 e. The largest absolute Gasteiger partial charge is 0.466 e. The zero-order valence-electron chi connectivity index (χ0n) is 45.3. The van der Waals surface area contributed by atoms with Crippen molar-refractivity contribution in [3.05, 3.63) is 191 Å². The van der Waals surface area contributed by atoms with Crippen molar-refractivity contribution >= 4 is 84.9 Å². The molecule has 364 valence electrons. The second-order valence-electron chi connectivity index (χ2n) is 25.2. The van der Waals surface area contributed by atoms with Crippen molar-refractivity contribution in [1.29, 1.82) is 0 Å². The van der Waals surface area contributed by atoms with Gasteiger partial charge in [-0.05, 0) is 128 Å². The summed E-state index contributed by atoms with van der Waals surface area (Å²) in [5, 5.41) is 3.64. The van der Waals surface area contributed by atoms with Crippen LogP contribution in [0.2, 0.25) is 0 Å². The number of furan rings is 1. The van der Waals surface area contributed by atoms with Crippen LogP contribution in [0.4, 0.5) is 34.1 Å². The fourth-order valence-corrected chi connectivity index (χ4v) is 12.1. The van der Waals surface area contributed by atoms with Crippen molar-refractivity contribution in [2.45, 2.75) is 119 Å². The number of anilines is 6. The minimum absolute atomic E-state index is 0.0892. The van der Waals surface area contributed by atoms with Crippen molar-refractivity contribution in [3.63, 3.8) is 0 Å². The molecule has 8 aromatic carbocycles. The molecule has 2 aliphatic rings. The van der Waals surface area contributed by atoms with Crippen molar-refractivity contribution < 1.29 is 4.42 Å². The van der Waals surface area contributed by atoms with Crippen molar-refractivity contribution in [2.24, 2.45) is 0 Å². The average Bonchev–Trinajstić information content (AvgIpc) is 3.90. The van der Waals surface area contributed by atoms with E-state index >= 15 is 0 Å². The fraction of sp³-hybridized carbons (Fsp3) is 0.265. The molecule has 0 saturated heterocycles. The minimum atomic E-state index is -0.280. The van der Waals surface area contributed by atoms with E-state index in [0.717, 1.165) is 34.0 Å². The SMILES string of the molecule is Cc1cccc(C)c1N1c2cc(C(C)(C)C)cc3c2B(c2oc4c(C(C)(C)C)cc(C(C)(C)C)cc4c21)n1c2ccc(C(C)(C)C)cc2c2c(N(c4ccccc4)c4ccccc4-c4ccccc4)ccc-3c21. The van der Waals surface area contributed by atoms with E-state index in [1.807, 2.05) is 0 Å². The summed E-state index contributed by atoms with van der Waals surface area (Å²) in [5.41, 5.74) is 24.5. The van der Waals surface area contributed by atoms with Gasteiger partial charge in [-0.15, -0.1) is 0 Å². The molecule has 2 aromatic heterocycles. The number of hydrogen-bond donors (Lipinski definition) is 0. The van der Waals surface area contributed by atoms with Gasteiger partial charge in [-0.25, -0.2) is 0 Å². The molecule has 0 radical (unpaired) electrons. The van der Waals surface area contributed by atoms with Crippen LogP contribution in [0.1, 0.15) is 116 Å². The Hall–Kier alpha value is -7.24. The van der Waals surface area contributed by atoms with Gasteiger partial charge in [-0.2, -0.15) is 0 Å². The predicted octanol–water partition coefficient (Wildman–Crippen LogP) is 17.9. The number of benzene rings is 8. The molecule has 0 saturated carbocycles. The zero-order valence-corrected chi connectivity index (χ0v) is 45.3. The van der Waals surface area contributed by atoms with Crippen LogP contribution in [0.5, 0.6) is 0 Å². The minimum Gasteiger partial charge on any atom is -0.466 e. The highest BCUT2D eigenvalue weighted by atomic mass is 16.3. The van der Waals surface area contributed by atoms with E-state index in [-0.39, 0.29) is 28.5 Å². The Bertz CT molecular complexity index is 3840. The molecule has 5 heteroatoms. The maximum absolute atomic E-state index is 7.84. The number of aryl methyl sites for hydroxylation is 2. The lowest BCUT2D eigenvalue weighted by molar-refractivity contribution is 0.557.